The van der Waals surface area contributed by atoms with Gasteiger partial charge in [0.1, 0.15) is 33.7 Å². The molecule has 3 nitrogen and oxygen atoms in total. The Labute approximate surface area is 280 Å². The third-order valence-corrected chi connectivity index (χ3v) is 10.1. The maximum absolute atomic E-state index is 6.58. The summed E-state index contributed by atoms with van der Waals surface area (Å²) in [7, 11) is 0. The summed E-state index contributed by atoms with van der Waals surface area (Å²) in [5.41, 5.74) is 10.0. The lowest BCUT2D eigenvalue weighted by molar-refractivity contribution is 0.631. The fraction of sp³-hybridized carbons (Fsp3) is 0. The van der Waals surface area contributed by atoms with Gasteiger partial charge in [0.2, 0.25) is 0 Å². The average molecular weight is 627 g/mol. The molecule has 0 aliphatic heterocycles. The molecular formula is C46H26O3. The lowest BCUT2D eigenvalue weighted by atomic mass is 9.85. The molecule has 3 aromatic heterocycles. The van der Waals surface area contributed by atoms with Gasteiger partial charge in [-0.05, 0) is 69.1 Å². The first-order chi connectivity index (χ1) is 24.3. The van der Waals surface area contributed by atoms with E-state index in [0.29, 0.717) is 0 Å². The van der Waals surface area contributed by atoms with Crippen LogP contribution in [0.3, 0.4) is 0 Å². The summed E-state index contributed by atoms with van der Waals surface area (Å²) in [6.07, 6.45) is 0. The number of benzene rings is 8. The van der Waals surface area contributed by atoms with Crippen LogP contribution in [0, 0.1) is 0 Å². The molecule has 228 valence electrons. The molecule has 0 bridgehead atoms. The molecule has 49 heavy (non-hydrogen) atoms. The van der Waals surface area contributed by atoms with Crippen LogP contribution in [0.2, 0.25) is 0 Å². The van der Waals surface area contributed by atoms with Gasteiger partial charge < -0.3 is 13.3 Å². The zero-order valence-corrected chi connectivity index (χ0v) is 26.2. The Balaban J connectivity index is 1.14. The molecule has 0 radical (unpaired) electrons. The molecule has 0 fully saturated rings. The largest absolute Gasteiger partial charge is 0.456 e. The van der Waals surface area contributed by atoms with E-state index in [-0.39, 0.29) is 0 Å². The van der Waals surface area contributed by atoms with Crippen LogP contribution in [0.5, 0.6) is 0 Å². The van der Waals surface area contributed by atoms with Gasteiger partial charge in [0.25, 0.3) is 0 Å². The minimum absolute atomic E-state index is 0.851. The second kappa shape index (κ2) is 9.96. The van der Waals surface area contributed by atoms with E-state index < -0.39 is 0 Å². The summed E-state index contributed by atoms with van der Waals surface area (Å²) >= 11 is 0. The minimum atomic E-state index is 0.851. The van der Waals surface area contributed by atoms with Gasteiger partial charge in [-0.2, -0.15) is 0 Å². The first kappa shape index (κ1) is 26.5. The summed E-state index contributed by atoms with van der Waals surface area (Å²) in [5.74, 6) is 0.855. The second-order valence-corrected chi connectivity index (χ2v) is 12.8. The van der Waals surface area contributed by atoms with Gasteiger partial charge in [0.15, 0.2) is 0 Å². The van der Waals surface area contributed by atoms with Gasteiger partial charge in [-0.15, -0.1) is 0 Å². The van der Waals surface area contributed by atoms with Gasteiger partial charge in [-0.25, -0.2) is 0 Å². The molecule has 11 rings (SSSR count). The Kier molecular flexibility index (Phi) is 5.38. The van der Waals surface area contributed by atoms with Gasteiger partial charge >= 0.3 is 0 Å². The molecule has 3 heterocycles. The minimum Gasteiger partial charge on any atom is -0.456 e. The molecule has 0 unspecified atom stereocenters. The van der Waals surface area contributed by atoms with Crippen molar-refractivity contribution >= 4 is 76.4 Å². The van der Waals surface area contributed by atoms with E-state index in [1.807, 2.05) is 30.3 Å². The number of hydrogen-bond donors (Lipinski definition) is 0. The zero-order valence-electron chi connectivity index (χ0n) is 26.2. The van der Waals surface area contributed by atoms with Crippen molar-refractivity contribution in [3.05, 3.63) is 158 Å². The SMILES string of the molecule is c1ccc(-c2cc3cc4oc5cc(-c6c7ccccc7c(-c7cccc8c7oc7ccccc78)c7ccccc67)ccc5c4cc3o2)cc1. The number of hydrogen-bond acceptors (Lipinski definition) is 3. The molecule has 3 heteroatoms. The number of rotatable bonds is 3. The number of para-hydroxylation sites is 2. The molecule has 11 aromatic rings. The number of fused-ring (bicyclic) bond motifs is 9. The normalized spacial score (nSPS) is 12.1. The zero-order chi connectivity index (χ0) is 32.1. The van der Waals surface area contributed by atoms with E-state index in [9.17, 15) is 0 Å². The lowest BCUT2D eigenvalue weighted by Gasteiger charge is -2.17. The van der Waals surface area contributed by atoms with E-state index in [1.165, 1.54) is 32.7 Å². The van der Waals surface area contributed by atoms with Crippen LogP contribution in [0.4, 0.5) is 0 Å². The molecule has 0 aliphatic carbocycles. The molecule has 0 saturated heterocycles. The van der Waals surface area contributed by atoms with E-state index in [0.717, 1.165) is 77.3 Å². The Hall–Kier alpha value is -6.58. The number of furan rings is 3. The highest BCUT2D eigenvalue weighted by Gasteiger charge is 2.21. The molecule has 0 atom stereocenters. The van der Waals surface area contributed by atoms with Gasteiger partial charge in [-0.1, -0.05) is 121 Å². The highest BCUT2D eigenvalue weighted by Crippen LogP contribution is 2.47. The van der Waals surface area contributed by atoms with Crippen molar-refractivity contribution in [1.82, 2.24) is 0 Å². The third kappa shape index (κ3) is 3.84. The third-order valence-electron chi connectivity index (χ3n) is 10.1. The van der Waals surface area contributed by atoms with Crippen LogP contribution in [-0.4, -0.2) is 0 Å². The fourth-order valence-electron chi connectivity index (χ4n) is 7.88. The van der Waals surface area contributed by atoms with Crippen molar-refractivity contribution in [1.29, 1.82) is 0 Å². The fourth-order valence-corrected chi connectivity index (χ4v) is 7.88. The predicted molar refractivity (Wildman–Crippen MR) is 202 cm³/mol. The topological polar surface area (TPSA) is 39.4 Å². The molecule has 0 N–H and O–H groups in total. The Morgan fingerprint density at radius 3 is 1.71 bits per heavy atom. The van der Waals surface area contributed by atoms with Crippen molar-refractivity contribution in [2.75, 3.05) is 0 Å². The van der Waals surface area contributed by atoms with Crippen LogP contribution in [0.15, 0.2) is 171 Å². The first-order valence-corrected chi connectivity index (χ1v) is 16.6. The van der Waals surface area contributed by atoms with Crippen molar-refractivity contribution in [3.8, 4) is 33.6 Å². The lowest BCUT2D eigenvalue weighted by Crippen LogP contribution is -1.91. The maximum Gasteiger partial charge on any atom is 0.143 e. The Morgan fingerprint density at radius 1 is 0.306 bits per heavy atom. The van der Waals surface area contributed by atoms with Crippen molar-refractivity contribution in [3.63, 3.8) is 0 Å². The Morgan fingerprint density at radius 2 is 0.939 bits per heavy atom. The van der Waals surface area contributed by atoms with Crippen LogP contribution in [0.25, 0.3) is 110 Å². The predicted octanol–water partition coefficient (Wildman–Crippen LogP) is 13.5. The molecule has 0 spiro atoms. The smallest absolute Gasteiger partial charge is 0.143 e. The van der Waals surface area contributed by atoms with Crippen molar-refractivity contribution < 1.29 is 13.3 Å². The van der Waals surface area contributed by atoms with Gasteiger partial charge in [0.05, 0.1) is 0 Å². The van der Waals surface area contributed by atoms with Crippen molar-refractivity contribution in [2.45, 2.75) is 0 Å². The van der Waals surface area contributed by atoms with Crippen LogP contribution >= 0.6 is 0 Å². The standard InChI is InChI=1S/C46H26O3/c1-2-11-27(12-3-1)40-24-29-25-43-38(26-41(29)47-40)31-22-21-28(23-42(31)48-43)44-32-14-4-6-16-34(32)45(35-17-7-5-15-33(35)44)37-19-10-18-36-30-13-8-9-20-39(30)49-46(36)37/h1-26H. The van der Waals surface area contributed by atoms with Crippen molar-refractivity contribution in [2.24, 2.45) is 0 Å². The summed E-state index contributed by atoms with van der Waals surface area (Å²) in [4.78, 5) is 0. The highest BCUT2D eigenvalue weighted by molar-refractivity contribution is 6.24. The van der Waals surface area contributed by atoms with E-state index in [1.54, 1.807) is 0 Å². The van der Waals surface area contributed by atoms with Crippen LogP contribution < -0.4 is 0 Å². The quantitative estimate of drug-likeness (QED) is 0.183. The Bertz CT molecular complexity index is 3040. The maximum atomic E-state index is 6.58. The molecular weight excluding hydrogens is 601 g/mol. The second-order valence-electron chi connectivity index (χ2n) is 12.8. The molecule has 8 aromatic carbocycles. The highest BCUT2D eigenvalue weighted by atomic mass is 16.3. The van der Waals surface area contributed by atoms with Gasteiger partial charge in [-0.3, -0.25) is 0 Å². The van der Waals surface area contributed by atoms with E-state index in [4.69, 9.17) is 13.3 Å². The van der Waals surface area contributed by atoms with Gasteiger partial charge in [0, 0.05) is 43.6 Å². The first-order valence-electron chi connectivity index (χ1n) is 16.6. The monoisotopic (exact) mass is 626 g/mol. The van der Waals surface area contributed by atoms with Crippen LogP contribution in [-0.2, 0) is 0 Å². The average Bonchev–Trinajstić information content (AvgIpc) is 3.85. The van der Waals surface area contributed by atoms with Crippen LogP contribution in [0.1, 0.15) is 0 Å². The molecule has 0 saturated carbocycles. The summed E-state index contributed by atoms with van der Waals surface area (Å²) in [5, 5.41) is 10.1. The summed E-state index contributed by atoms with van der Waals surface area (Å²) in [6, 6.07) is 55.4. The van der Waals surface area contributed by atoms with E-state index in [2.05, 4.69) is 127 Å². The summed E-state index contributed by atoms with van der Waals surface area (Å²) < 4.78 is 19.5. The molecule has 0 aliphatic rings. The van der Waals surface area contributed by atoms with E-state index >= 15 is 0 Å². The summed E-state index contributed by atoms with van der Waals surface area (Å²) in [6.45, 7) is 0. The molecule has 0 amide bonds.